The number of aliphatic hydroxyl groups is 1. The summed E-state index contributed by atoms with van der Waals surface area (Å²) in [6, 6.07) is 6.75. The van der Waals surface area contributed by atoms with Crippen LogP contribution in [0.25, 0.3) is 0 Å². The summed E-state index contributed by atoms with van der Waals surface area (Å²) in [5.74, 6) is 0.521. The Labute approximate surface area is 97.7 Å². The Kier molecular flexibility index (Phi) is 3.31. The Morgan fingerprint density at radius 2 is 2.12 bits per heavy atom. The van der Waals surface area contributed by atoms with E-state index in [4.69, 9.17) is 0 Å². The van der Waals surface area contributed by atoms with Gasteiger partial charge in [0.25, 0.3) is 0 Å². The first-order valence-electron chi connectivity index (χ1n) is 6.11. The maximum Gasteiger partial charge on any atom is 0.0945 e. The van der Waals surface area contributed by atoms with Gasteiger partial charge in [-0.25, -0.2) is 0 Å². The lowest BCUT2D eigenvalue weighted by atomic mass is 9.84. The number of rotatable bonds is 2. The van der Waals surface area contributed by atoms with Gasteiger partial charge >= 0.3 is 0 Å². The second-order valence-electron chi connectivity index (χ2n) is 4.99. The molecule has 88 valence electrons. The highest BCUT2D eigenvalue weighted by atomic mass is 16.3. The van der Waals surface area contributed by atoms with Crippen LogP contribution in [0.4, 0.5) is 0 Å². The zero-order chi connectivity index (χ0) is 11.7. The topological polar surface area (TPSA) is 32.3 Å². The fourth-order valence-electron chi connectivity index (χ4n) is 2.46. The normalized spacial score (nSPS) is 24.6. The average molecular weight is 219 g/mol. The minimum atomic E-state index is -0.354. The first-order chi connectivity index (χ1) is 7.63. The summed E-state index contributed by atoms with van der Waals surface area (Å²) in [5.41, 5.74) is 3.75. The van der Waals surface area contributed by atoms with Crippen molar-refractivity contribution in [1.82, 2.24) is 5.32 Å². The molecule has 2 rings (SSSR count). The van der Waals surface area contributed by atoms with Gasteiger partial charge in [-0.3, -0.25) is 0 Å². The van der Waals surface area contributed by atoms with Crippen molar-refractivity contribution >= 4 is 0 Å². The molecule has 0 radical (unpaired) electrons. The molecular weight excluding hydrogens is 198 g/mol. The number of fused-ring (bicyclic) bond motifs is 1. The van der Waals surface area contributed by atoms with Crippen LogP contribution in [0.5, 0.6) is 0 Å². The van der Waals surface area contributed by atoms with Crippen molar-refractivity contribution in [2.45, 2.75) is 44.8 Å². The highest BCUT2D eigenvalue weighted by Gasteiger charge is 2.26. The van der Waals surface area contributed by atoms with Crippen LogP contribution < -0.4 is 5.32 Å². The molecule has 1 aromatic carbocycles. The van der Waals surface area contributed by atoms with Crippen LogP contribution in [0.2, 0.25) is 0 Å². The van der Waals surface area contributed by atoms with E-state index in [9.17, 15) is 5.11 Å². The maximum atomic E-state index is 10.3. The quantitative estimate of drug-likeness (QED) is 0.800. The summed E-state index contributed by atoms with van der Waals surface area (Å²) in [6.07, 6.45) is 1.73. The van der Waals surface area contributed by atoms with E-state index in [1.807, 2.05) is 7.05 Å². The van der Waals surface area contributed by atoms with Crippen LogP contribution in [0, 0.1) is 0 Å². The average Bonchev–Trinajstić information content (AvgIpc) is 2.29. The van der Waals surface area contributed by atoms with Crippen molar-refractivity contribution in [1.29, 1.82) is 0 Å². The van der Waals surface area contributed by atoms with Crippen LogP contribution in [-0.2, 0) is 6.42 Å². The van der Waals surface area contributed by atoms with Gasteiger partial charge in [0.1, 0.15) is 0 Å². The summed E-state index contributed by atoms with van der Waals surface area (Å²) >= 11 is 0. The summed E-state index contributed by atoms with van der Waals surface area (Å²) < 4.78 is 0. The first kappa shape index (κ1) is 11.6. The largest absolute Gasteiger partial charge is 0.387 e. The fraction of sp³-hybridized carbons (Fsp3) is 0.571. The van der Waals surface area contributed by atoms with E-state index in [-0.39, 0.29) is 12.1 Å². The number of aliphatic hydroxyl groups excluding tert-OH is 1. The number of nitrogens with one attached hydrogen (secondary N) is 1. The maximum absolute atomic E-state index is 10.3. The molecule has 0 saturated carbocycles. The molecule has 0 spiro atoms. The lowest BCUT2D eigenvalue weighted by Crippen LogP contribution is -2.36. The summed E-state index contributed by atoms with van der Waals surface area (Å²) in [6.45, 7) is 4.37. The molecule has 0 heterocycles. The van der Waals surface area contributed by atoms with Gasteiger partial charge in [0.15, 0.2) is 0 Å². The van der Waals surface area contributed by atoms with Gasteiger partial charge in [0.2, 0.25) is 0 Å². The van der Waals surface area contributed by atoms with Crippen molar-refractivity contribution in [2.24, 2.45) is 0 Å². The van der Waals surface area contributed by atoms with Crippen LogP contribution in [0.3, 0.4) is 0 Å². The van der Waals surface area contributed by atoms with Gasteiger partial charge in [0, 0.05) is 6.04 Å². The molecule has 1 aliphatic rings. The highest BCUT2D eigenvalue weighted by molar-refractivity contribution is 5.37. The van der Waals surface area contributed by atoms with E-state index in [1.165, 1.54) is 11.1 Å². The molecule has 0 fully saturated rings. The van der Waals surface area contributed by atoms with Crippen LogP contribution >= 0.6 is 0 Å². The van der Waals surface area contributed by atoms with Crippen molar-refractivity contribution in [3.05, 3.63) is 34.9 Å². The van der Waals surface area contributed by atoms with Gasteiger partial charge < -0.3 is 10.4 Å². The molecule has 2 unspecified atom stereocenters. The second kappa shape index (κ2) is 4.56. The Bertz CT molecular complexity index is 373. The number of hydrogen-bond acceptors (Lipinski definition) is 2. The third kappa shape index (κ3) is 2.00. The lowest BCUT2D eigenvalue weighted by Gasteiger charge is -2.30. The number of likely N-dealkylation sites (N-methyl/N-ethyl adjacent to an activating group) is 1. The van der Waals surface area contributed by atoms with Crippen LogP contribution in [-0.4, -0.2) is 18.2 Å². The van der Waals surface area contributed by atoms with Crippen molar-refractivity contribution < 1.29 is 5.11 Å². The predicted octanol–water partition coefficient (Wildman–Crippen LogP) is 2.38. The molecule has 0 aliphatic heterocycles. The molecule has 2 atom stereocenters. The highest BCUT2D eigenvalue weighted by Crippen LogP contribution is 2.32. The van der Waals surface area contributed by atoms with Gasteiger partial charge in [0.05, 0.1) is 6.10 Å². The van der Waals surface area contributed by atoms with Gasteiger partial charge in [-0.1, -0.05) is 32.0 Å². The van der Waals surface area contributed by atoms with Crippen molar-refractivity contribution in [3.63, 3.8) is 0 Å². The zero-order valence-corrected chi connectivity index (χ0v) is 10.3. The monoisotopic (exact) mass is 219 g/mol. The molecule has 0 amide bonds. The molecule has 0 saturated heterocycles. The molecule has 1 aromatic rings. The third-order valence-electron chi connectivity index (χ3n) is 3.63. The van der Waals surface area contributed by atoms with Gasteiger partial charge in [-0.05, 0) is 42.5 Å². The summed E-state index contributed by atoms with van der Waals surface area (Å²) in [7, 11) is 1.92. The molecule has 2 heteroatoms. The van der Waals surface area contributed by atoms with E-state index in [2.05, 4.69) is 37.4 Å². The van der Waals surface area contributed by atoms with Crippen molar-refractivity contribution in [3.8, 4) is 0 Å². The standard InChI is InChI=1S/C14H21NO/c1-9(2)11-5-4-10-6-7-13(15-3)14(16)12(10)8-11/h4-5,8-9,13-16H,6-7H2,1-3H3. The van der Waals surface area contributed by atoms with E-state index in [1.54, 1.807) is 0 Å². The van der Waals surface area contributed by atoms with E-state index in [0.29, 0.717) is 5.92 Å². The first-order valence-corrected chi connectivity index (χ1v) is 6.11. The minimum Gasteiger partial charge on any atom is -0.387 e. The molecule has 0 bridgehead atoms. The smallest absolute Gasteiger partial charge is 0.0945 e. The molecule has 2 nitrogen and oxygen atoms in total. The molecular formula is C14H21NO. The summed E-state index contributed by atoms with van der Waals surface area (Å²) in [5, 5.41) is 13.5. The number of aryl methyl sites for hydroxylation is 1. The Hall–Kier alpha value is -0.860. The van der Waals surface area contributed by atoms with Gasteiger partial charge in [-0.2, -0.15) is 0 Å². The Balaban J connectivity index is 2.36. The zero-order valence-electron chi connectivity index (χ0n) is 10.3. The second-order valence-corrected chi connectivity index (χ2v) is 4.99. The number of hydrogen-bond donors (Lipinski definition) is 2. The summed E-state index contributed by atoms with van der Waals surface area (Å²) in [4.78, 5) is 0. The van der Waals surface area contributed by atoms with E-state index >= 15 is 0 Å². The Morgan fingerprint density at radius 1 is 1.38 bits per heavy atom. The third-order valence-corrected chi connectivity index (χ3v) is 3.63. The lowest BCUT2D eigenvalue weighted by molar-refractivity contribution is 0.119. The molecule has 1 aliphatic carbocycles. The fourth-order valence-corrected chi connectivity index (χ4v) is 2.46. The SMILES string of the molecule is CNC1CCc2ccc(C(C)C)cc2C1O. The van der Waals surface area contributed by atoms with Gasteiger partial charge in [-0.15, -0.1) is 0 Å². The van der Waals surface area contributed by atoms with E-state index < -0.39 is 0 Å². The minimum absolute atomic E-state index is 0.204. The predicted molar refractivity (Wildman–Crippen MR) is 66.7 cm³/mol. The van der Waals surface area contributed by atoms with E-state index in [0.717, 1.165) is 18.4 Å². The van der Waals surface area contributed by atoms with Crippen molar-refractivity contribution in [2.75, 3.05) is 7.05 Å². The molecule has 16 heavy (non-hydrogen) atoms. The molecule has 0 aromatic heterocycles. The molecule has 2 N–H and O–H groups in total. The Morgan fingerprint density at radius 3 is 2.75 bits per heavy atom. The van der Waals surface area contributed by atoms with Crippen LogP contribution in [0.1, 0.15) is 49.0 Å². The van der Waals surface area contributed by atoms with Crippen LogP contribution in [0.15, 0.2) is 18.2 Å². The number of benzene rings is 1.